The zero-order chi connectivity index (χ0) is 19.5. The first-order valence-electron chi connectivity index (χ1n) is 9.34. The van der Waals surface area contributed by atoms with Crippen molar-refractivity contribution in [3.8, 4) is 11.4 Å². The van der Waals surface area contributed by atoms with E-state index in [-0.39, 0.29) is 17.2 Å². The number of thioether (sulfide) groups is 1. The molecule has 0 saturated carbocycles. The minimum absolute atomic E-state index is 0.0129. The number of rotatable bonds is 5. The molecule has 0 saturated heterocycles. The number of hydrogen-bond donors (Lipinski definition) is 2. The molecule has 1 aliphatic rings. The molecule has 2 aromatic carbocycles. The van der Waals surface area contributed by atoms with Crippen LogP contribution in [0.5, 0.6) is 0 Å². The Labute approximate surface area is 176 Å². The number of H-pyrrole nitrogens is 1. The normalized spacial score (nSPS) is 17.0. The van der Waals surface area contributed by atoms with Crippen molar-refractivity contribution in [2.24, 2.45) is 0 Å². The van der Waals surface area contributed by atoms with Crippen LogP contribution in [0.15, 0.2) is 58.2 Å². The van der Waals surface area contributed by atoms with Crippen molar-refractivity contribution in [3.05, 3.63) is 64.1 Å². The highest BCUT2D eigenvalue weighted by atomic mass is 79.9. The third-order valence-electron chi connectivity index (χ3n) is 4.93. The second-order valence-corrected chi connectivity index (χ2v) is 9.02. The van der Waals surface area contributed by atoms with E-state index < -0.39 is 0 Å². The van der Waals surface area contributed by atoms with E-state index in [2.05, 4.69) is 54.6 Å². The van der Waals surface area contributed by atoms with Crippen molar-refractivity contribution >= 4 is 33.6 Å². The van der Waals surface area contributed by atoms with E-state index in [1.54, 1.807) is 0 Å². The van der Waals surface area contributed by atoms with Crippen LogP contribution in [-0.4, -0.2) is 26.3 Å². The number of carbonyl (C=O) groups excluding carboxylic acids is 1. The molecule has 0 fully saturated rings. The van der Waals surface area contributed by atoms with E-state index in [9.17, 15) is 4.79 Å². The quantitative estimate of drug-likeness (QED) is 0.535. The molecule has 0 aliphatic heterocycles. The third kappa shape index (κ3) is 4.15. The molecule has 0 spiro atoms. The maximum absolute atomic E-state index is 12.8. The Hall–Kier alpha value is -2.12. The predicted octanol–water partition coefficient (Wildman–Crippen LogP) is 4.91. The molecule has 1 amide bonds. The lowest BCUT2D eigenvalue weighted by Gasteiger charge is -2.27. The molecule has 7 heteroatoms. The molecule has 1 aromatic heterocycles. The fraction of sp³-hybridized carbons (Fsp3) is 0.286. The summed E-state index contributed by atoms with van der Waals surface area (Å²) in [6, 6.07) is 16.3. The number of fused-ring (bicyclic) bond motifs is 1. The third-order valence-corrected chi connectivity index (χ3v) is 6.58. The van der Waals surface area contributed by atoms with Crippen LogP contribution in [0.25, 0.3) is 11.4 Å². The Kier molecular flexibility index (Phi) is 5.82. The Morgan fingerprint density at radius 3 is 2.89 bits per heavy atom. The van der Waals surface area contributed by atoms with Crippen LogP contribution >= 0.6 is 27.7 Å². The average molecular weight is 457 g/mol. The summed E-state index contributed by atoms with van der Waals surface area (Å²) in [4.78, 5) is 17.3. The molecule has 2 unspecified atom stereocenters. The lowest BCUT2D eigenvalue weighted by atomic mass is 9.88. The molecule has 2 atom stereocenters. The number of hydrogen-bond acceptors (Lipinski definition) is 4. The summed E-state index contributed by atoms with van der Waals surface area (Å²) in [5.41, 5.74) is 3.53. The number of aryl methyl sites for hydroxylation is 1. The minimum atomic E-state index is -0.281. The molecule has 1 heterocycles. The number of nitrogens with one attached hydrogen (secondary N) is 2. The van der Waals surface area contributed by atoms with Gasteiger partial charge in [0.1, 0.15) is 0 Å². The number of carbonyl (C=O) groups is 1. The van der Waals surface area contributed by atoms with Crippen LogP contribution in [0.2, 0.25) is 0 Å². The SMILES string of the molecule is CC(Sc1n[nH]c(-c2ccccc2Br)n1)C(=O)NC1CCCc2ccccc21. The predicted molar refractivity (Wildman–Crippen MR) is 115 cm³/mol. The summed E-state index contributed by atoms with van der Waals surface area (Å²) in [5, 5.41) is 10.7. The molecule has 5 nitrogen and oxygen atoms in total. The van der Waals surface area contributed by atoms with Crippen molar-refractivity contribution in [2.75, 3.05) is 0 Å². The molecule has 0 bridgehead atoms. The number of benzene rings is 2. The summed E-state index contributed by atoms with van der Waals surface area (Å²) >= 11 is 4.89. The molecule has 2 N–H and O–H groups in total. The maximum Gasteiger partial charge on any atom is 0.233 e. The van der Waals surface area contributed by atoms with E-state index in [0.29, 0.717) is 11.0 Å². The Morgan fingerprint density at radius 2 is 2.04 bits per heavy atom. The van der Waals surface area contributed by atoms with Crippen molar-refractivity contribution in [1.29, 1.82) is 0 Å². The number of amides is 1. The van der Waals surface area contributed by atoms with Crippen LogP contribution in [0.1, 0.15) is 36.9 Å². The topological polar surface area (TPSA) is 70.7 Å². The molecule has 3 aromatic rings. The van der Waals surface area contributed by atoms with Crippen molar-refractivity contribution in [3.63, 3.8) is 0 Å². The standard InChI is InChI=1S/C21H21BrN4OS/c1-13(20(27)23-18-12-6-8-14-7-2-3-9-15(14)18)28-21-24-19(25-26-21)16-10-4-5-11-17(16)22/h2-5,7,9-11,13,18H,6,8,12H2,1H3,(H,23,27)(H,24,25,26). The largest absolute Gasteiger partial charge is 0.348 e. The van der Waals surface area contributed by atoms with Crippen LogP contribution in [0.3, 0.4) is 0 Å². The molecule has 0 radical (unpaired) electrons. The number of aromatic nitrogens is 3. The molecule has 144 valence electrons. The molecule has 4 rings (SSSR count). The minimum Gasteiger partial charge on any atom is -0.348 e. The number of aromatic amines is 1. The highest BCUT2D eigenvalue weighted by Crippen LogP contribution is 2.31. The molecule has 1 aliphatic carbocycles. The second kappa shape index (κ2) is 8.49. The van der Waals surface area contributed by atoms with E-state index in [1.165, 1.54) is 22.9 Å². The van der Waals surface area contributed by atoms with Gasteiger partial charge < -0.3 is 5.32 Å². The van der Waals surface area contributed by atoms with E-state index in [0.717, 1.165) is 29.3 Å². The summed E-state index contributed by atoms with van der Waals surface area (Å²) in [6.45, 7) is 1.89. The maximum atomic E-state index is 12.8. The fourth-order valence-electron chi connectivity index (χ4n) is 3.48. The first-order valence-corrected chi connectivity index (χ1v) is 11.0. The van der Waals surface area contributed by atoms with Crippen LogP contribution in [-0.2, 0) is 11.2 Å². The first kappa shape index (κ1) is 19.2. The van der Waals surface area contributed by atoms with Crippen LogP contribution in [0.4, 0.5) is 0 Å². The highest BCUT2D eigenvalue weighted by molar-refractivity contribution is 9.10. The second-order valence-electron chi connectivity index (χ2n) is 6.86. The zero-order valence-corrected chi connectivity index (χ0v) is 17.9. The zero-order valence-electron chi connectivity index (χ0n) is 15.5. The average Bonchev–Trinajstić information content (AvgIpc) is 3.16. The summed E-state index contributed by atoms with van der Waals surface area (Å²) in [7, 11) is 0. The van der Waals surface area contributed by atoms with Crippen LogP contribution < -0.4 is 5.32 Å². The van der Waals surface area contributed by atoms with Crippen molar-refractivity contribution in [2.45, 2.75) is 42.6 Å². The van der Waals surface area contributed by atoms with Gasteiger partial charge in [-0.05, 0) is 43.4 Å². The number of halogens is 1. The Bertz CT molecular complexity index is 990. The van der Waals surface area contributed by atoms with Gasteiger partial charge in [0.05, 0.1) is 11.3 Å². The van der Waals surface area contributed by atoms with Gasteiger partial charge in [-0.1, -0.05) is 70.2 Å². The van der Waals surface area contributed by atoms with Gasteiger partial charge in [-0.2, -0.15) is 0 Å². The first-order chi connectivity index (χ1) is 13.6. The van der Waals surface area contributed by atoms with E-state index in [1.807, 2.05) is 37.3 Å². The van der Waals surface area contributed by atoms with Gasteiger partial charge in [-0.3, -0.25) is 9.89 Å². The smallest absolute Gasteiger partial charge is 0.233 e. The summed E-state index contributed by atoms with van der Waals surface area (Å²) < 4.78 is 0.949. The Morgan fingerprint density at radius 1 is 1.25 bits per heavy atom. The van der Waals surface area contributed by atoms with Gasteiger partial charge in [-0.15, -0.1) is 5.10 Å². The van der Waals surface area contributed by atoms with E-state index in [4.69, 9.17) is 0 Å². The molecule has 28 heavy (non-hydrogen) atoms. The van der Waals surface area contributed by atoms with Crippen LogP contribution in [0, 0.1) is 0 Å². The van der Waals surface area contributed by atoms with Gasteiger partial charge in [0, 0.05) is 10.0 Å². The van der Waals surface area contributed by atoms with Gasteiger partial charge in [0.2, 0.25) is 11.1 Å². The summed E-state index contributed by atoms with van der Waals surface area (Å²) in [6.07, 6.45) is 3.16. The fourth-order valence-corrected chi connectivity index (χ4v) is 4.68. The van der Waals surface area contributed by atoms with Gasteiger partial charge in [-0.25, -0.2) is 4.98 Å². The highest BCUT2D eigenvalue weighted by Gasteiger charge is 2.25. The number of nitrogens with zero attached hydrogens (tertiary/aromatic N) is 2. The van der Waals surface area contributed by atoms with Gasteiger partial charge in [0.15, 0.2) is 5.82 Å². The lowest BCUT2D eigenvalue weighted by Crippen LogP contribution is -2.35. The Balaban J connectivity index is 1.41. The van der Waals surface area contributed by atoms with E-state index >= 15 is 0 Å². The van der Waals surface area contributed by atoms with Crippen molar-refractivity contribution in [1.82, 2.24) is 20.5 Å². The molecular weight excluding hydrogens is 436 g/mol. The van der Waals surface area contributed by atoms with Crippen molar-refractivity contribution < 1.29 is 4.79 Å². The van der Waals surface area contributed by atoms with Gasteiger partial charge in [0.25, 0.3) is 0 Å². The lowest BCUT2D eigenvalue weighted by molar-refractivity contribution is -0.121. The van der Waals surface area contributed by atoms with Gasteiger partial charge >= 0.3 is 0 Å². The summed E-state index contributed by atoms with van der Waals surface area (Å²) in [5.74, 6) is 0.697. The monoisotopic (exact) mass is 456 g/mol. The molecular formula is C21H21BrN4OS.